The zero-order valence-electron chi connectivity index (χ0n) is 12.5. The molecular formula is C14H22N4O2S. The second kappa shape index (κ2) is 7.97. The Hall–Kier alpha value is -1.63. The number of ether oxygens (including phenoxy) is 1. The Balaban J connectivity index is 1.80. The van der Waals surface area contributed by atoms with Crippen molar-refractivity contribution in [1.29, 1.82) is 0 Å². The van der Waals surface area contributed by atoms with E-state index >= 15 is 0 Å². The first kappa shape index (κ1) is 15.8. The Morgan fingerprint density at radius 2 is 2.33 bits per heavy atom. The van der Waals surface area contributed by atoms with Crippen molar-refractivity contribution in [1.82, 2.24) is 15.2 Å². The van der Waals surface area contributed by atoms with Crippen molar-refractivity contribution in [3.63, 3.8) is 0 Å². The molecule has 21 heavy (non-hydrogen) atoms. The third kappa shape index (κ3) is 4.42. The highest BCUT2D eigenvalue weighted by Crippen LogP contribution is 2.18. The van der Waals surface area contributed by atoms with Gasteiger partial charge >= 0.3 is 5.97 Å². The van der Waals surface area contributed by atoms with E-state index in [2.05, 4.69) is 20.2 Å². The van der Waals surface area contributed by atoms with Crippen molar-refractivity contribution < 1.29 is 9.53 Å². The number of carbonyl (C=O) groups is 1. The molecule has 1 aliphatic heterocycles. The van der Waals surface area contributed by atoms with E-state index in [0.29, 0.717) is 13.2 Å². The third-order valence-corrected chi connectivity index (χ3v) is 4.29. The van der Waals surface area contributed by atoms with Crippen molar-refractivity contribution in [2.24, 2.45) is 10.9 Å². The minimum Gasteiger partial charge on any atom is -0.466 e. The van der Waals surface area contributed by atoms with E-state index in [1.807, 2.05) is 12.3 Å². The predicted molar refractivity (Wildman–Crippen MR) is 83.2 cm³/mol. The van der Waals surface area contributed by atoms with Crippen LogP contribution in [0.3, 0.4) is 0 Å². The lowest BCUT2D eigenvalue weighted by Crippen LogP contribution is -2.46. The molecule has 0 spiro atoms. The van der Waals surface area contributed by atoms with Crippen LogP contribution in [0.1, 0.15) is 24.8 Å². The Kier molecular flexibility index (Phi) is 5.98. The summed E-state index contributed by atoms with van der Waals surface area (Å²) in [6.07, 6.45) is 3.43. The monoisotopic (exact) mass is 310 g/mol. The third-order valence-electron chi connectivity index (χ3n) is 3.51. The molecule has 2 heterocycles. The summed E-state index contributed by atoms with van der Waals surface area (Å²) in [4.78, 5) is 22.5. The number of rotatable bonds is 4. The molecule has 0 saturated carbocycles. The lowest BCUT2D eigenvalue weighted by molar-refractivity contribution is -0.149. The zero-order valence-corrected chi connectivity index (χ0v) is 13.4. The van der Waals surface area contributed by atoms with Gasteiger partial charge in [0.25, 0.3) is 0 Å². The molecule has 0 aliphatic carbocycles. The van der Waals surface area contributed by atoms with Crippen molar-refractivity contribution in [3.05, 3.63) is 16.6 Å². The lowest BCUT2D eigenvalue weighted by Gasteiger charge is -2.33. The number of esters is 1. The minimum atomic E-state index is -0.0668. The van der Waals surface area contributed by atoms with Gasteiger partial charge in [-0.1, -0.05) is 0 Å². The summed E-state index contributed by atoms with van der Waals surface area (Å²) < 4.78 is 5.09. The van der Waals surface area contributed by atoms with Gasteiger partial charge < -0.3 is 15.0 Å². The molecule has 2 rings (SSSR count). The number of hydrogen-bond donors (Lipinski definition) is 1. The highest BCUT2D eigenvalue weighted by molar-refractivity contribution is 7.09. The Bertz CT molecular complexity index is 467. The maximum absolute atomic E-state index is 11.7. The molecule has 0 atom stereocenters. The van der Waals surface area contributed by atoms with Crippen LogP contribution in [0.2, 0.25) is 0 Å². The second-order valence-corrected chi connectivity index (χ2v) is 5.82. The van der Waals surface area contributed by atoms with Gasteiger partial charge in [0.1, 0.15) is 5.01 Å². The highest BCUT2D eigenvalue weighted by Gasteiger charge is 2.27. The molecule has 0 amide bonds. The van der Waals surface area contributed by atoms with Gasteiger partial charge in [-0.25, -0.2) is 4.98 Å². The highest BCUT2D eigenvalue weighted by atomic mass is 32.1. The Morgan fingerprint density at radius 1 is 1.57 bits per heavy atom. The fourth-order valence-corrected chi connectivity index (χ4v) is 2.97. The van der Waals surface area contributed by atoms with E-state index in [4.69, 9.17) is 4.74 Å². The topological polar surface area (TPSA) is 66.8 Å². The first-order valence-corrected chi connectivity index (χ1v) is 8.13. The normalized spacial score (nSPS) is 16.9. The maximum atomic E-state index is 11.7. The van der Waals surface area contributed by atoms with Crippen LogP contribution in [-0.4, -0.2) is 48.6 Å². The number of aliphatic imine (C=N–C) groups is 1. The molecule has 6 nitrogen and oxygen atoms in total. The summed E-state index contributed by atoms with van der Waals surface area (Å²) in [5.74, 6) is 0.827. The minimum absolute atomic E-state index is 0.0262. The van der Waals surface area contributed by atoms with Crippen LogP contribution in [-0.2, 0) is 16.1 Å². The zero-order chi connectivity index (χ0) is 15.1. The number of nitrogens with one attached hydrogen (secondary N) is 1. The molecule has 0 radical (unpaired) electrons. The van der Waals surface area contributed by atoms with Crippen molar-refractivity contribution in [2.45, 2.75) is 26.3 Å². The first-order valence-electron chi connectivity index (χ1n) is 7.25. The van der Waals surface area contributed by atoms with Gasteiger partial charge in [0.2, 0.25) is 0 Å². The molecular weight excluding hydrogens is 288 g/mol. The van der Waals surface area contributed by atoms with Gasteiger partial charge in [-0.2, -0.15) is 0 Å². The number of likely N-dealkylation sites (tertiary alicyclic amines) is 1. The van der Waals surface area contributed by atoms with E-state index in [9.17, 15) is 4.79 Å². The van der Waals surface area contributed by atoms with Crippen molar-refractivity contribution in [2.75, 3.05) is 26.7 Å². The van der Waals surface area contributed by atoms with Crippen LogP contribution in [0.5, 0.6) is 0 Å². The molecule has 1 aromatic heterocycles. The molecule has 0 unspecified atom stereocenters. The summed E-state index contributed by atoms with van der Waals surface area (Å²) >= 11 is 1.62. The van der Waals surface area contributed by atoms with E-state index in [0.717, 1.165) is 36.9 Å². The molecule has 1 N–H and O–H groups in total. The van der Waals surface area contributed by atoms with E-state index in [1.54, 1.807) is 24.6 Å². The molecule has 1 saturated heterocycles. The largest absolute Gasteiger partial charge is 0.466 e. The summed E-state index contributed by atoms with van der Waals surface area (Å²) in [6.45, 7) is 4.62. The maximum Gasteiger partial charge on any atom is 0.309 e. The van der Waals surface area contributed by atoms with Gasteiger partial charge in [0.05, 0.1) is 19.1 Å². The molecule has 116 valence electrons. The standard InChI is InChI=1S/C14H22N4O2S/c1-3-20-13(19)11-4-7-18(8-5-11)14(15-2)17-10-12-16-6-9-21-12/h6,9,11H,3-5,7-8,10H2,1-2H3,(H,15,17). The number of piperidine rings is 1. The van der Waals surface area contributed by atoms with Gasteiger partial charge in [-0.15, -0.1) is 11.3 Å². The lowest BCUT2D eigenvalue weighted by atomic mass is 9.97. The second-order valence-electron chi connectivity index (χ2n) is 4.84. The average Bonchev–Trinajstić information content (AvgIpc) is 3.02. The smallest absolute Gasteiger partial charge is 0.309 e. The molecule has 0 aromatic carbocycles. The van der Waals surface area contributed by atoms with E-state index in [1.165, 1.54) is 0 Å². The number of thiazole rings is 1. The molecule has 1 aromatic rings. The van der Waals surface area contributed by atoms with E-state index < -0.39 is 0 Å². The first-order chi connectivity index (χ1) is 10.2. The molecule has 1 fully saturated rings. The number of carbonyl (C=O) groups excluding carboxylic acids is 1. The predicted octanol–water partition coefficient (Wildman–Crippen LogP) is 1.49. The van der Waals surface area contributed by atoms with Crippen LogP contribution in [0.15, 0.2) is 16.6 Å². The Labute approximate surface area is 129 Å². The average molecular weight is 310 g/mol. The van der Waals surface area contributed by atoms with Crippen LogP contribution >= 0.6 is 11.3 Å². The van der Waals surface area contributed by atoms with Crippen molar-refractivity contribution in [3.8, 4) is 0 Å². The van der Waals surface area contributed by atoms with Gasteiger partial charge in [0.15, 0.2) is 5.96 Å². The van der Waals surface area contributed by atoms with Gasteiger partial charge in [0, 0.05) is 31.7 Å². The molecule has 7 heteroatoms. The summed E-state index contributed by atoms with van der Waals surface area (Å²) in [7, 11) is 1.78. The summed E-state index contributed by atoms with van der Waals surface area (Å²) in [5.41, 5.74) is 0. The molecule has 0 bridgehead atoms. The fraction of sp³-hybridized carbons (Fsp3) is 0.643. The van der Waals surface area contributed by atoms with Gasteiger partial charge in [-0.05, 0) is 19.8 Å². The quantitative estimate of drug-likeness (QED) is 0.518. The molecule has 1 aliphatic rings. The summed E-state index contributed by atoms with van der Waals surface area (Å²) in [6, 6.07) is 0. The van der Waals surface area contributed by atoms with Crippen LogP contribution < -0.4 is 5.32 Å². The van der Waals surface area contributed by atoms with Crippen LogP contribution in [0.4, 0.5) is 0 Å². The van der Waals surface area contributed by atoms with Crippen LogP contribution in [0.25, 0.3) is 0 Å². The fourth-order valence-electron chi connectivity index (χ4n) is 2.41. The van der Waals surface area contributed by atoms with Crippen molar-refractivity contribution >= 4 is 23.3 Å². The SMILES string of the molecule is CCOC(=O)C1CCN(C(=NC)NCc2nccs2)CC1. The number of guanidine groups is 1. The number of aromatic nitrogens is 1. The van der Waals surface area contributed by atoms with Gasteiger partial charge in [-0.3, -0.25) is 9.79 Å². The summed E-state index contributed by atoms with van der Waals surface area (Å²) in [5, 5.41) is 6.32. The van der Waals surface area contributed by atoms with Crippen LogP contribution in [0, 0.1) is 5.92 Å². The van der Waals surface area contributed by atoms with E-state index in [-0.39, 0.29) is 11.9 Å². The number of nitrogens with zero attached hydrogens (tertiary/aromatic N) is 3. The Morgan fingerprint density at radius 3 is 2.90 bits per heavy atom. The number of hydrogen-bond acceptors (Lipinski definition) is 5.